The van der Waals surface area contributed by atoms with Crippen molar-refractivity contribution in [1.82, 2.24) is 9.97 Å². The summed E-state index contributed by atoms with van der Waals surface area (Å²) in [7, 11) is 1.88. The second kappa shape index (κ2) is 5.49. The summed E-state index contributed by atoms with van der Waals surface area (Å²) < 4.78 is 5.69. The van der Waals surface area contributed by atoms with E-state index < -0.39 is 0 Å². The first-order valence-electron chi connectivity index (χ1n) is 5.96. The molecule has 0 unspecified atom stereocenters. The summed E-state index contributed by atoms with van der Waals surface area (Å²) in [6.07, 6.45) is 1.53. The minimum absolute atomic E-state index is 0.363. The van der Waals surface area contributed by atoms with Gasteiger partial charge in [0.1, 0.15) is 12.1 Å². The molecule has 1 aromatic heterocycles. The molecule has 0 saturated carbocycles. The molecule has 0 aliphatic carbocycles. The number of ether oxygens (including phenoxy) is 1. The smallest absolute Gasteiger partial charge is 0.222 e. The Morgan fingerprint density at radius 3 is 2.44 bits per heavy atom. The van der Waals surface area contributed by atoms with Gasteiger partial charge in [0.25, 0.3) is 0 Å². The molecule has 1 aromatic carbocycles. The van der Waals surface area contributed by atoms with Gasteiger partial charge in [0.15, 0.2) is 0 Å². The number of hydrogen-bond acceptors (Lipinski definition) is 4. The number of rotatable bonds is 4. The lowest BCUT2D eigenvalue weighted by molar-refractivity contribution is 0.459. The quantitative estimate of drug-likeness (QED) is 0.893. The lowest BCUT2D eigenvalue weighted by atomic mass is 10.1. The normalized spacial score (nSPS) is 10.4. The van der Waals surface area contributed by atoms with Crippen molar-refractivity contribution in [3.05, 3.63) is 42.4 Å². The van der Waals surface area contributed by atoms with E-state index in [2.05, 4.69) is 29.1 Å². The standard InChI is InChI=1S/C14H17N3O/c1-10(2)13-8-14(17-9-16-13)18-12-6-4-11(15-3)5-7-12/h4-10,15H,1-3H3. The lowest BCUT2D eigenvalue weighted by Gasteiger charge is -2.08. The van der Waals surface area contributed by atoms with Gasteiger partial charge < -0.3 is 10.1 Å². The van der Waals surface area contributed by atoms with Crippen LogP contribution in [0.25, 0.3) is 0 Å². The van der Waals surface area contributed by atoms with Crippen molar-refractivity contribution in [2.24, 2.45) is 0 Å². The van der Waals surface area contributed by atoms with Crippen molar-refractivity contribution in [1.29, 1.82) is 0 Å². The highest BCUT2D eigenvalue weighted by atomic mass is 16.5. The Bertz CT molecular complexity index is 509. The molecule has 1 heterocycles. The zero-order valence-electron chi connectivity index (χ0n) is 10.8. The average molecular weight is 243 g/mol. The maximum absolute atomic E-state index is 5.69. The minimum Gasteiger partial charge on any atom is -0.439 e. The van der Waals surface area contributed by atoms with E-state index in [4.69, 9.17) is 4.74 Å². The van der Waals surface area contributed by atoms with E-state index in [1.165, 1.54) is 6.33 Å². The van der Waals surface area contributed by atoms with E-state index in [9.17, 15) is 0 Å². The van der Waals surface area contributed by atoms with Gasteiger partial charge in [-0.1, -0.05) is 13.8 Å². The lowest BCUT2D eigenvalue weighted by Crippen LogP contribution is -1.96. The van der Waals surface area contributed by atoms with Crippen LogP contribution in [-0.2, 0) is 0 Å². The number of nitrogens with one attached hydrogen (secondary N) is 1. The number of nitrogens with zero attached hydrogens (tertiary/aromatic N) is 2. The maximum Gasteiger partial charge on any atom is 0.222 e. The van der Waals surface area contributed by atoms with Gasteiger partial charge >= 0.3 is 0 Å². The minimum atomic E-state index is 0.363. The van der Waals surface area contributed by atoms with Gasteiger partial charge in [0.2, 0.25) is 5.88 Å². The van der Waals surface area contributed by atoms with Crippen molar-refractivity contribution in [3.63, 3.8) is 0 Å². The second-order valence-electron chi connectivity index (χ2n) is 4.31. The molecule has 0 atom stereocenters. The molecule has 0 bridgehead atoms. The van der Waals surface area contributed by atoms with Crippen LogP contribution in [0.5, 0.6) is 11.6 Å². The van der Waals surface area contributed by atoms with Crippen molar-refractivity contribution in [3.8, 4) is 11.6 Å². The summed E-state index contributed by atoms with van der Waals surface area (Å²) in [5, 5.41) is 3.06. The van der Waals surface area contributed by atoms with E-state index in [1.54, 1.807) is 0 Å². The first kappa shape index (κ1) is 12.4. The highest BCUT2D eigenvalue weighted by molar-refractivity contribution is 5.46. The van der Waals surface area contributed by atoms with Crippen LogP contribution in [0, 0.1) is 0 Å². The van der Waals surface area contributed by atoms with Crippen molar-refractivity contribution < 1.29 is 4.74 Å². The Morgan fingerprint density at radius 1 is 1.11 bits per heavy atom. The van der Waals surface area contributed by atoms with E-state index in [-0.39, 0.29) is 0 Å². The van der Waals surface area contributed by atoms with Gasteiger partial charge in [-0.2, -0.15) is 0 Å². The maximum atomic E-state index is 5.69. The fraction of sp³-hybridized carbons (Fsp3) is 0.286. The Hall–Kier alpha value is -2.10. The van der Waals surface area contributed by atoms with Gasteiger partial charge in [-0.15, -0.1) is 0 Å². The van der Waals surface area contributed by atoms with Gasteiger partial charge in [-0.25, -0.2) is 9.97 Å². The third-order valence-corrected chi connectivity index (χ3v) is 2.62. The molecule has 0 aliphatic rings. The fourth-order valence-electron chi connectivity index (χ4n) is 1.54. The van der Waals surface area contributed by atoms with Crippen LogP contribution in [0.3, 0.4) is 0 Å². The van der Waals surface area contributed by atoms with Crippen LogP contribution >= 0.6 is 0 Å². The Morgan fingerprint density at radius 2 is 1.83 bits per heavy atom. The second-order valence-corrected chi connectivity index (χ2v) is 4.31. The first-order valence-corrected chi connectivity index (χ1v) is 5.96. The van der Waals surface area contributed by atoms with Gasteiger partial charge in [0, 0.05) is 18.8 Å². The molecule has 1 N–H and O–H groups in total. The van der Waals surface area contributed by atoms with Gasteiger partial charge in [-0.3, -0.25) is 0 Å². The van der Waals surface area contributed by atoms with Crippen LogP contribution in [0.2, 0.25) is 0 Å². The molecular formula is C14H17N3O. The molecule has 0 radical (unpaired) electrons. The zero-order valence-corrected chi connectivity index (χ0v) is 10.8. The molecule has 0 fully saturated rings. The summed E-state index contributed by atoms with van der Waals surface area (Å²) >= 11 is 0. The van der Waals surface area contributed by atoms with Crippen molar-refractivity contribution in [2.75, 3.05) is 12.4 Å². The van der Waals surface area contributed by atoms with Crippen LogP contribution in [-0.4, -0.2) is 17.0 Å². The average Bonchev–Trinajstić information content (AvgIpc) is 2.40. The Balaban J connectivity index is 2.15. The molecular weight excluding hydrogens is 226 g/mol. The molecule has 2 rings (SSSR count). The van der Waals surface area contributed by atoms with Crippen molar-refractivity contribution in [2.45, 2.75) is 19.8 Å². The SMILES string of the molecule is CNc1ccc(Oc2cc(C(C)C)ncn2)cc1. The van der Waals surface area contributed by atoms with Crippen LogP contribution < -0.4 is 10.1 Å². The fourth-order valence-corrected chi connectivity index (χ4v) is 1.54. The monoisotopic (exact) mass is 243 g/mol. The highest BCUT2D eigenvalue weighted by Gasteiger charge is 2.04. The summed E-state index contributed by atoms with van der Waals surface area (Å²) in [6.45, 7) is 4.18. The van der Waals surface area contributed by atoms with Crippen LogP contribution in [0.1, 0.15) is 25.5 Å². The predicted octanol–water partition coefficient (Wildman–Crippen LogP) is 3.43. The largest absolute Gasteiger partial charge is 0.439 e. The van der Waals surface area contributed by atoms with Crippen molar-refractivity contribution >= 4 is 5.69 Å². The molecule has 0 spiro atoms. The van der Waals surface area contributed by atoms with Crippen LogP contribution in [0.15, 0.2) is 36.7 Å². The third-order valence-electron chi connectivity index (χ3n) is 2.62. The third kappa shape index (κ3) is 2.97. The number of anilines is 1. The molecule has 0 amide bonds. The van der Waals surface area contributed by atoms with E-state index in [0.717, 1.165) is 17.1 Å². The zero-order chi connectivity index (χ0) is 13.0. The van der Waals surface area contributed by atoms with Gasteiger partial charge in [0.05, 0.1) is 5.69 Å². The Kier molecular flexibility index (Phi) is 3.77. The van der Waals surface area contributed by atoms with E-state index in [1.807, 2.05) is 37.4 Å². The molecule has 4 heteroatoms. The molecule has 18 heavy (non-hydrogen) atoms. The predicted molar refractivity (Wildman–Crippen MR) is 72.2 cm³/mol. The summed E-state index contributed by atoms with van der Waals surface area (Å²) in [5.74, 6) is 1.70. The number of aromatic nitrogens is 2. The van der Waals surface area contributed by atoms with E-state index >= 15 is 0 Å². The summed E-state index contributed by atoms with van der Waals surface area (Å²) in [5.41, 5.74) is 2.03. The molecule has 2 aromatic rings. The highest BCUT2D eigenvalue weighted by Crippen LogP contribution is 2.22. The van der Waals surface area contributed by atoms with Gasteiger partial charge in [-0.05, 0) is 30.2 Å². The van der Waals surface area contributed by atoms with E-state index in [0.29, 0.717) is 11.8 Å². The Labute approximate surface area is 107 Å². The topological polar surface area (TPSA) is 47.0 Å². The molecule has 94 valence electrons. The summed E-state index contributed by atoms with van der Waals surface area (Å²) in [6, 6.07) is 9.60. The molecule has 0 aliphatic heterocycles. The van der Waals surface area contributed by atoms with Crippen LogP contribution in [0.4, 0.5) is 5.69 Å². The first-order chi connectivity index (χ1) is 8.69. The number of hydrogen-bond donors (Lipinski definition) is 1. The molecule has 0 saturated heterocycles. The molecule has 4 nitrogen and oxygen atoms in total. The number of benzene rings is 1. The summed E-state index contributed by atoms with van der Waals surface area (Å²) in [4.78, 5) is 8.32.